The molecule has 1 saturated heterocycles. The van der Waals surface area contributed by atoms with E-state index in [1.54, 1.807) is 23.1 Å². The molecule has 0 saturated carbocycles. The van der Waals surface area contributed by atoms with Crippen LogP contribution in [0.5, 0.6) is 0 Å². The van der Waals surface area contributed by atoms with Gasteiger partial charge in [0.25, 0.3) is 5.91 Å². The molecular weight excluding hydrogens is 398 g/mol. The Kier molecular flexibility index (Phi) is 6.74. The Labute approximate surface area is 180 Å². The quantitative estimate of drug-likeness (QED) is 0.689. The summed E-state index contributed by atoms with van der Waals surface area (Å²) in [6.07, 6.45) is 5.58. The van der Waals surface area contributed by atoms with Gasteiger partial charge in [0.2, 0.25) is 0 Å². The predicted octanol–water partition coefficient (Wildman–Crippen LogP) is 4.63. The second kappa shape index (κ2) is 9.45. The lowest BCUT2D eigenvalue weighted by Crippen LogP contribution is -2.28. The number of aliphatic imine (C=N–C) groups is 1. The van der Waals surface area contributed by atoms with Crippen LogP contribution in [0.25, 0.3) is 6.08 Å². The molecule has 2 aromatic rings. The molecule has 3 rings (SSSR count). The van der Waals surface area contributed by atoms with Gasteiger partial charge in [-0.2, -0.15) is 0 Å². The van der Waals surface area contributed by atoms with E-state index < -0.39 is 5.97 Å². The van der Waals surface area contributed by atoms with E-state index in [2.05, 4.69) is 4.99 Å². The van der Waals surface area contributed by atoms with Gasteiger partial charge < -0.3 is 10.0 Å². The van der Waals surface area contributed by atoms with Gasteiger partial charge in [-0.05, 0) is 60.7 Å². The summed E-state index contributed by atoms with van der Waals surface area (Å²) < 4.78 is 0. The van der Waals surface area contributed by atoms with Crippen LogP contribution in [-0.2, 0) is 4.79 Å². The SMILES string of the molecule is CCN1C(=O)/C(=C/C=C/c2ccc(N(C)C)cc2)SC1=Nc1cccc(C(=O)O)c1. The lowest BCUT2D eigenvalue weighted by atomic mass is 10.2. The van der Waals surface area contributed by atoms with Gasteiger partial charge in [-0.1, -0.05) is 30.4 Å². The van der Waals surface area contributed by atoms with E-state index in [1.165, 1.54) is 23.9 Å². The first kappa shape index (κ1) is 21.4. The van der Waals surface area contributed by atoms with E-state index in [0.29, 0.717) is 22.3 Å². The number of allylic oxidation sites excluding steroid dienone is 2. The molecule has 0 atom stereocenters. The molecule has 0 radical (unpaired) electrons. The molecule has 0 aliphatic carbocycles. The molecule has 0 aromatic heterocycles. The number of aromatic carboxylic acids is 1. The number of carbonyl (C=O) groups is 2. The molecule has 0 bridgehead atoms. The van der Waals surface area contributed by atoms with Gasteiger partial charge >= 0.3 is 5.97 Å². The third-order valence-corrected chi connectivity index (χ3v) is 5.49. The molecule has 1 amide bonds. The minimum atomic E-state index is -1.01. The average molecular weight is 422 g/mol. The standard InChI is InChI=1S/C23H23N3O3S/c1-4-26-21(27)20(10-5-7-16-11-13-19(14-12-16)25(2)3)30-23(26)24-18-9-6-8-17(15-18)22(28)29/h5-15H,4H2,1-3H3,(H,28,29)/b7-5+,20-10-,24-23?. The van der Waals surface area contributed by atoms with Gasteiger partial charge in [0.1, 0.15) is 0 Å². The first-order valence-electron chi connectivity index (χ1n) is 9.46. The van der Waals surface area contributed by atoms with Crippen LogP contribution in [0.15, 0.2) is 70.6 Å². The van der Waals surface area contributed by atoms with E-state index in [4.69, 9.17) is 5.11 Å². The van der Waals surface area contributed by atoms with Crippen molar-refractivity contribution in [1.29, 1.82) is 0 Å². The van der Waals surface area contributed by atoms with Crippen molar-refractivity contribution in [2.24, 2.45) is 4.99 Å². The molecule has 0 spiro atoms. The predicted molar refractivity (Wildman–Crippen MR) is 123 cm³/mol. The third kappa shape index (κ3) is 4.99. The van der Waals surface area contributed by atoms with Gasteiger partial charge in [-0.15, -0.1) is 0 Å². The first-order valence-corrected chi connectivity index (χ1v) is 10.3. The number of nitrogens with zero attached hydrogens (tertiary/aromatic N) is 3. The molecule has 1 N–H and O–H groups in total. The Bertz CT molecular complexity index is 1040. The van der Waals surface area contributed by atoms with Crippen LogP contribution in [-0.4, -0.2) is 47.7 Å². The molecule has 1 heterocycles. The highest BCUT2D eigenvalue weighted by molar-refractivity contribution is 8.18. The number of carboxylic acids is 1. The van der Waals surface area contributed by atoms with Crippen LogP contribution >= 0.6 is 11.8 Å². The third-order valence-electron chi connectivity index (χ3n) is 4.47. The van der Waals surface area contributed by atoms with E-state index in [-0.39, 0.29) is 11.5 Å². The second-order valence-corrected chi connectivity index (χ2v) is 7.79. The van der Waals surface area contributed by atoms with Crippen molar-refractivity contribution in [2.45, 2.75) is 6.92 Å². The summed E-state index contributed by atoms with van der Waals surface area (Å²) in [5, 5.41) is 9.69. The molecular formula is C23H23N3O3S. The summed E-state index contributed by atoms with van der Waals surface area (Å²) in [5.41, 5.74) is 2.83. The van der Waals surface area contributed by atoms with E-state index >= 15 is 0 Å². The van der Waals surface area contributed by atoms with Crippen LogP contribution in [0.3, 0.4) is 0 Å². The molecule has 154 valence electrons. The van der Waals surface area contributed by atoms with Crippen LogP contribution in [0.1, 0.15) is 22.8 Å². The maximum Gasteiger partial charge on any atom is 0.335 e. The van der Waals surface area contributed by atoms with Crippen molar-refractivity contribution in [3.63, 3.8) is 0 Å². The van der Waals surface area contributed by atoms with Crippen molar-refractivity contribution in [3.8, 4) is 0 Å². The largest absolute Gasteiger partial charge is 0.478 e. The second-order valence-electron chi connectivity index (χ2n) is 6.78. The number of thioether (sulfide) groups is 1. The average Bonchev–Trinajstić information content (AvgIpc) is 3.02. The highest BCUT2D eigenvalue weighted by atomic mass is 32.2. The molecule has 6 nitrogen and oxygen atoms in total. The monoisotopic (exact) mass is 421 g/mol. The maximum absolute atomic E-state index is 12.7. The van der Waals surface area contributed by atoms with Crippen LogP contribution < -0.4 is 4.90 Å². The number of rotatable bonds is 6. The lowest BCUT2D eigenvalue weighted by Gasteiger charge is -2.12. The number of amidine groups is 1. The Morgan fingerprint density at radius 3 is 2.57 bits per heavy atom. The number of hydrogen-bond acceptors (Lipinski definition) is 5. The summed E-state index contributed by atoms with van der Waals surface area (Å²) in [6.45, 7) is 2.36. The zero-order valence-corrected chi connectivity index (χ0v) is 17.9. The molecule has 30 heavy (non-hydrogen) atoms. The van der Waals surface area contributed by atoms with E-state index in [0.717, 1.165) is 11.3 Å². The number of likely N-dealkylation sites (N-methyl/N-ethyl adjacent to an activating group) is 1. The van der Waals surface area contributed by atoms with Crippen molar-refractivity contribution >= 4 is 46.3 Å². The zero-order chi connectivity index (χ0) is 21.7. The topological polar surface area (TPSA) is 73.2 Å². The summed E-state index contributed by atoms with van der Waals surface area (Å²) in [4.78, 5) is 32.6. The van der Waals surface area contributed by atoms with Crippen molar-refractivity contribution in [2.75, 3.05) is 25.5 Å². The number of carboxylic acid groups (broad SMARTS) is 1. The van der Waals surface area contributed by atoms with E-state index in [9.17, 15) is 9.59 Å². The van der Waals surface area contributed by atoms with Gasteiger partial charge in [-0.3, -0.25) is 9.69 Å². The smallest absolute Gasteiger partial charge is 0.335 e. The summed E-state index contributed by atoms with van der Waals surface area (Å²) in [7, 11) is 3.99. The van der Waals surface area contributed by atoms with E-state index in [1.807, 2.05) is 62.3 Å². The molecule has 7 heteroatoms. The first-order chi connectivity index (χ1) is 14.4. The van der Waals surface area contributed by atoms with Crippen molar-refractivity contribution in [1.82, 2.24) is 4.90 Å². The van der Waals surface area contributed by atoms with Gasteiger partial charge in [0, 0.05) is 26.3 Å². The fourth-order valence-electron chi connectivity index (χ4n) is 2.83. The maximum atomic E-state index is 12.7. The van der Waals surface area contributed by atoms with Crippen molar-refractivity contribution in [3.05, 3.63) is 76.7 Å². The Hall–Kier alpha value is -3.32. The van der Waals surface area contributed by atoms with Gasteiger partial charge in [0.05, 0.1) is 16.2 Å². The number of anilines is 1. The highest BCUT2D eigenvalue weighted by Gasteiger charge is 2.31. The Balaban J connectivity index is 1.79. The molecule has 0 unspecified atom stereocenters. The molecule has 1 fully saturated rings. The number of carbonyl (C=O) groups excluding carboxylic acids is 1. The summed E-state index contributed by atoms with van der Waals surface area (Å²) >= 11 is 1.28. The number of hydrogen-bond donors (Lipinski definition) is 1. The minimum absolute atomic E-state index is 0.108. The highest BCUT2D eigenvalue weighted by Crippen LogP contribution is 2.32. The van der Waals surface area contributed by atoms with Gasteiger partial charge in [0.15, 0.2) is 5.17 Å². The fourth-order valence-corrected chi connectivity index (χ4v) is 3.85. The van der Waals surface area contributed by atoms with Crippen molar-refractivity contribution < 1.29 is 14.7 Å². The lowest BCUT2D eigenvalue weighted by molar-refractivity contribution is -0.122. The van der Waals surface area contributed by atoms with Gasteiger partial charge in [-0.25, -0.2) is 9.79 Å². The van der Waals surface area contributed by atoms with Crippen LogP contribution in [0, 0.1) is 0 Å². The number of amides is 1. The molecule has 1 aliphatic rings. The summed E-state index contributed by atoms with van der Waals surface area (Å²) in [6, 6.07) is 14.5. The molecule has 1 aliphatic heterocycles. The normalized spacial score (nSPS) is 16.8. The fraction of sp³-hybridized carbons (Fsp3) is 0.174. The Morgan fingerprint density at radius 1 is 1.20 bits per heavy atom. The van der Waals surface area contributed by atoms with Crippen LogP contribution in [0.2, 0.25) is 0 Å². The molecule has 2 aromatic carbocycles. The number of benzene rings is 2. The minimum Gasteiger partial charge on any atom is -0.478 e. The Morgan fingerprint density at radius 2 is 1.93 bits per heavy atom. The summed E-state index contributed by atoms with van der Waals surface area (Å²) in [5.74, 6) is -1.12. The van der Waals surface area contributed by atoms with Crippen LogP contribution in [0.4, 0.5) is 11.4 Å². The zero-order valence-electron chi connectivity index (χ0n) is 17.1.